The first-order valence-corrected chi connectivity index (χ1v) is 11.7. The van der Waals surface area contributed by atoms with Crippen molar-refractivity contribution in [2.75, 3.05) is 6.61 Å². The van der Waals surface area contributed by atoms with Crippen LogP contribution in [0.25, 0.3) is 11.1 Å². The van der Waals surface area contributed by atoms with Crippen LogP contribution < -0.4 is 5.32 Å². The molecule has 3 aromatic rings. The number of aryl methyl sites for hydroxylation is 1. The number of hydrogen-bond acceptors (Lipinski definition) is 5. The number of hydrogen-bond donors (Lipinski definition) is 3. The van der Waals surface area contributed by atoms with Crippen LogP contribution in [0, 0.1) is 11.2 Å². The second-order valence-electron chi connectivity index (χ2n) is 8.86. The number of carbonyl (C=O) groups is 2. The molecule has 0 bridgehead atoms. The van der Waals surface area contributed by atoms with Gasteiger partial charge in [0.1, 0.15) is 5.82 Å². The number of nitrogens with one attached hydrogen (secondary N) is 1. The van der Waals surface area contributed by atoms with Crippen LogP contribution in [0.2, 0.25) is 5.02 Å². The second kappa shape index (κ2) is 11.5. The van der Waals surface area contributed by atoms with Crippen LogP contribution in [0.3, 0.4) is 0 Å². The molecule has 1 amide bonds. The lowest BCUT2D eigenvalue weighted by molar-refractivity contribution is -0.151. The van der Waals surface area contributed by atoms with Gasteiger partial charge in [-0.2, -0.15) is 0 Å². The molecule has 7 nitrogen and oxygen atoms in total. The smallest absolute Gasteiger partial charge is 0.311 e. The fourth-order valence-electron chi connectivity index (χ4n) is 3.81. The highest BCUT2D eigenvalue weighted by molar-refractivity contribution is 6.30. The summed E-state index contributed by atoms with van der Waals surface area (Å²) in [5.74, 6) is -2.06. The van der Waals surface area contributed by atoms with Crippen molar-refractivity contribution >= 4 is 23.5 Å². The molecule has 0 aliphatic heterocycles. The summed E-state index contributed by atoms with van der Waals surface area (Å²) in [5.41, 5.74) is 0.975. The number of carboxylic acids is 1. The van der Waals surface area contributed by atoms with Gasteiger partial charge in [0.15, 0.2) is 0 Å². The van der Waals surface area contributed by atoms with E-state index in [1.54, 1.807) is 36.4 Å². The zero-order valence-electron chi connectivity index (χ0n) is 19.6. The van der Waals surface area contributed by atoms with Crippen molar-refractivity contribution in [3.63, 3.8) is 0 Å². The number of aliphatic hydroxyl groups is 1. The van der Waals surface area contributed by atoms with E-state index in [-0.39, 0.29) is 18.6 Å². The van der Waals surface area contributed by atoms with Gasteiger partial charge in [-0.1, -0.05) is 54.4 Å². The second-order valence-corrected chi connectivity index (χ2v) is 9.29. The van der Waals surface area contributed by atoms with Crippen molar-refractivity contribution in [2.45, 2.75) is 45.6 Å². The van der Waals surface area contributed by atoms with Crippen LogP contribution >= 0.6 is 11.6 Å². The van der Waals surface area contributed by atoms with Gasteiger partial charge in [-0.15, -0.1) is 0 Å². The summed E-state index contributed by atoms with van der Waals surface area (Å²) in [6.45, 7) is 2.82. The number of aromatic nitrogens is 1. The molecule has 0 radical (unpaired) electrons. The standard InChI is InChI=1S/C26H28ClFN2O5/c1-3-4-19-13-23(35-30-19)24(32)29-20(14-26(2,15-31)25(33)34)11-16-5-7-17(8-6-16)21-12-18(27)9-10-22(21)28/h5-10,12-13,20,31H,3-4,11,14-15H2,1-2H3,(H,29,32)(H,33,34)/t20-,26?/m1/s1. The van der Waals surface area contributed by atoms with E-state index in [1.165, 1.54) is 19.1 Å². The Morgan fingerprint density at radius 3 is 2.54 bits per heavy atom. The third kappa shape index (κ3) is 6.68. The van der Waals surface area contributed by atoms with E-state index in [1.807, 2.05) is 6.92 Å². The van der Waals surface area contributed by atoms with E-state index in [4.69, 9.17) is 16.1 Å². The Balaban J connectivity index is 1.82. The maximum absolute atomic E-state index is 14.2. The molecule has 3 N–H and O–H groups in total. The molecule has 0 spiro atoms. The summed E-state index contributed by atoms with van der Waals surface area (Å²) in [6.07, 6.45) is 1.77. The summed E-state index contributed by atoms with van der Waals surface area (Å²) >= 11 is 6.00. The van der Waals surface area contributed by atoms with Gasteiger partial charge in [0.2, 0.25) is 5.76 Å². The van der Waals surface area contributed by atoms with Crippen LogP contribution in [-0.2, 0) is 17.6 Å². The maximum Gasteiger partial charge on any atom is 0.311 e. The van der Waals surface area contributed by atoms with Crippen LogP contribution in [0.15, 0.2) is 53.1 Å². The molecule has 186 valence electrons. The van der Waals surface area contributed by atoms with Gasteiger partial charge in [-0.3, -0.25) is 9.59 Å². The van der Waals surface area contributed by atoms with E-state index in [0.29, 0.717) is 28.3 Å². The number of aliphatic hydroxyl groups excluding tert-OH is 1. The Morgan fingerprint density at radius 2 is 1.91 bits per heavy atom. The zero-order chi connectivity index (χ0) is 25.6. The predicted molar refractivity (Wildman–Crippen MR) is 130 cm³/mol. The third-order valence-electron chi connectivity index (χ3n) is 5.86. The minimum Gasteiger partial charge on any atom is -0.481 e. The largest absolute Gasteiger partial charge is 0.481 e. The Labute approximate surface area is 207 Å². The van der Waals surface area contributed by atoms with E-state index < -0.39 is 35.8 Å². The Morgan fingerprint density at radius 1 is 1.20 bits per heavy atom. The Bertz CT molecular complexity index is 1180. The topological polar surface area (TPSA) is 113 Å². The molecule has 0 aliphatic rings. The molecule has 2 atom stereocenters. The number of benzene rings is 2. The van der Waals surface area contributed by atoms with Crippen LogP contribution in [0.1, 0.15) is 48.5 Å². The van der Waals surface area contributed by atoms with Gasteiger partial charge in [0.25, 0.3) is 5.91 Å². The lowest BCUT2D eigenvalue weighted by atomic mass is 9.82. The summed E-state index contributed by atoms with van der Waals surface area (Å²) < 4.78 is 19.4. The predicted octanol–water partition coefficient (Wildman–Crippen LogP) is 4.90. The molecule has 1 aromatic heterocycles. The first-order valence-electron chi connectivity index (χ1n) is 11.3. The molecule has 1 unspecified atom stereocenters. The van der Waals surface area contributed by atoms with E-state index in [0.717, 1.165) is 12.0 Å². The average molecular weight is 503 g/mol. The van der Waals surface area contributed by atoms with Crippen LogP contribution in [-0.4, -0.2) is 39.9 Å². The van der Waals surface area contributed by atoms with Crippen molar-refractivity contribution in [3.8, 4) is 11.1 Å². The van der Waals surface area contributed by atoms with Crippen molar-refractivity contribution in [1.82, 2.24) is 10.5 Å². The number of aliphatic carboxylic acids is 1. The zero-order valence-corrected chi connectivity index (χ0v) is 20.3. The molecular formula is C26H28ClFN2O5. The highest BCUT2D eigenvalue weighted by Gasteiger charge is 2.36. The molecular weight excluding hydrogens is 475 g/mol. The number of rotatable bonds is 11. The normalized spacial score (nSPS) is 13.7. The van der Waals surface area contributed by atoms with E-state index in [2.05, 4.69) is 10.5 Å². The van der Waals surface area contributed by atoms with E-state index in [9.17, 15) is 24.2 Å². The molecule has 1 heterocycles. The average Bonchev–Trinajstić information content (AvgIpc) is 3.30. The van der Waals surface area contributed by atoms with Crippen LogP contribution in [0.4, 0.5) is 4.39 Å². The summed E-state index contributed by atoms with van der Waals surface area (Å²) in [4.78, 5) is 24.6. The molecule has 3 rings (SSSR count). The maximum atomic E-state index is 14.2. The lowest BCUT2D eigenvalue weighted by Crippen LogP contribution is -2.44. The number of amides is 1. The van der Waals surface area contributed by atoms with Gasteiger partial charge in [0.05, 0.1) is 17.7 Å². The van der Waals surface area contributed by atoms with Gasteiger partial charge < -0.3 is 20.1 Å². The van der Waals surface area contributed by atoms with Crippen molar-refractivity contribution in [3.05, 3.63) is 76.4 Å². The quantitative estimate of drug-likeness (QED) is 0.344. The van der Waals surface area contributed by atoms with E-state index >= 15 is 0 Å². The van der Waals surface area contributed by atoms with Crippen molar-refractivity contribution < 1.29 is 28.7 Å². The number of carbonyl (C=O) groups excluding carboxylic acids is 1. The SMILES string of the molecule is CCCc1cc(C(=O)N[C@H](Cc2ccc(-c3cc(Cl)ccc3F)cc2)CC(C)(CO)C(=O)O)on1. The highest BCUT2D eigenvalue weighted by Crippen LogP contribution is 2.28. The first-order chi connectivity index (χ1) is 16.6. The molecule has 0 fully saturated rings. The van der Waals surface area contributed by atoms with Crippen molar-refractivity contribution in [2.24, 2.45) is 5.41 Å². The van der Waals surface area contributed by atoms with Crippen molar-refractivity contribution in [1.29, 1.82) is 0 Å². The lowest BCUT2D eigenvalue weighted by Gasteiger charge is -2.28. The summed E-state index contributed by atoms with van der Waals surface area (Å²) in [7, 11) is 0. The molecule has 0 saturated carbocycles. The summed E-state index contributed by atoms with van der Waals surface area (Å²) in [6, 6.07) is 12.3. The minimum absolute atomic E-state index is 0.0226. The molecule has 35 heavy (non-hydrogen) atoms. The number of halogens is 2. The van der Waals surface area contributed by atoms with Gasteiger partial charge in [-0.25, -0.2) is 4.39 Å². The highest BCUT2D eigenvalue weighted by atomic mass is 35.5. The van der Waals surface area contributed by atoms with Gasteiger partial charge >= 0.3 is 5.97 Å². The van der Waals surface area contributed by atoms with Crippen LogP contribution in [0.5, 0.6) is 0 Å². The molecule has 0 saturated heterocycles. The number of nitrogens with zero attached hydrogens (tertiary/aromatic N) is 1. The summed E-state index contributed by atoms with van der Waals surface area (Å²) in [5, 5.41) is 26.5. The molecule has 0 aliphatic carbocycles. The molecule has 9 heteroatoms. The molecule has 2 aromatic carbocycles. The van der Waals surface area contributed by atoms with Gasteiger partial charge in [-0.05, 0) is 55.5 Å². The fraction of sp³-hybridized carbons (Fsp3) is 0.346. The fourth-order valence-corrected chi connectivity index (χ4v) is 3.98. The minimum atomic E-state index is -1.46. The first kappa shape index (κ1) is 26.4. The Hall–Kier alpha value is -3.23. The number of carboxylic acid groups (broad SMARTS) is 1. The monoisotopic (exact) mass is 502 g/mol. The Kier molecular flexibility index (Phi) is 8.64. The third-order valence-corrected chi connectivity index (χ3v) is 6.10. The van der Waals surface area contributed by atoms with Gasteiger partial charge in [0, 0.05) is 22.7 Å².